The number of nitrogens with zero attached hydrogens (tertiary/aromatic N) is 8. The van der Waals surface area contributed by atoms with Gasteiger partial charge in [0.15, 0.2) is 21.9 Å². The maximum Gasteiger partial charge on any atom is 0.407 e. The van der Waals surface area contributed by atoms with Crippen molar-refractivity contribution in [1.82, 2.24) is 35.2 Å². The highest BCUT2D eigenvalue weighted by Crippen LogP contribution is 2.45. The summed E-state index contributed by atoms with van der Waals surface area (Å²) in [6.45, 7) is 14.0. The van der Waals surface area contributed by atoms with Crippen LogP contribution in [0.25, 0.3) is 0 Å². The first-order chi connectivity index (χ1) is 29.9. The maximum atomic E-state index is 12.5. The number of halogens is 6. The molecule has 0 aromatic carbocycles. The van der Waals surface area contributed by atoms with Gasteiger partial charge in [-0.25, -0.2) is 34.7 Å². The maximum absolute atomic E-state index is 12.5. The molecule has 4 aliphatic rings. The van der Waals surface area contributed by atoms with Crippen LogP contribution in [-0.4, -0.2) is 105 Å². The first-order valence-electron chi connectivity index (χ1n) is 20.6. The zero-order valence-electron chi connectivity index (χ0n) is 36.4. The molecule has 356 valence electrons. The number of nitrogen functional groups attached to an aromatic ring is 2. The van der Waals surface area contributed by atoms with E-state index in [0.717, 1.165) is 68.3 Å². The van der Waals surface area contributed by atoms with Gasteiger partial charge in [-0.15, -0.1) is 24.8 Å². The Labute approximate surface area is 420 Å². The van der Waals surface area contributed by atoms with Gasteiger partial charge in [-0.3, -0.25) is 0 Å². The van der Waals surface area contributed by atoms with Crippen molar-refractivity contribution in [3.63, 3.8) is 0 Å². The number of anilines is 4. The van der Waals surface area contributed by atoms with E-state index in [9.17, 15) is 4.79 Å². The molecule has 2 spiro atoms. The van der Waals surface area contributed by atoms with Crippen LogP contribution in [0.4, 0.5) is 28.1 Å². The van der Waals surface area contributed by atoms with Crippen LogP contribution in [0.15, 0.2) is 56.8 Å². The molecule has 1 amide bonds. The SMILES string of the molecule is C[C@@H]1OCC2(CCN(c3ncc(Sc4ccnc(N)c4Cl)nc3Cl)CC2)[C@@H]1N.C[C@@H]1OCC2(CCN(c3ncc(Sc4ccnc(N)c4Cl)nc3Cl)CC2)[C@@H]1NC(=O)OC(C)(C)C.Cl.Cl. The second-order valence-electron chi connectivity index (χ2n) is 17.2. The van der Waals surface area contributed by atoms with Crippen LogP contribution in [0.5, 0.6) is 0 Å². The number of pyridine rings is 2. The van der Waals surface area contributed by atoms with Crippen LogP contribution in [0.1, 0.15) is 60.3 Å². The third-order valence-corrected chi connectivity index (χ3v) is 15.4. The second kappa shape index (κ2) is 22.1. The third-order valence-electron chi connectivity index (χ3n) is 12.0. The highest BCUT2D eigenvalue weighted by molar-refractivity contribution is 7.99. The van der Waals surface area contributed by atoms with Gasteiger partial charge in [0.05, 0.1) is 53.9 Å². The summed E-state index contributed by atoms with van der Waals surface area (Å²) in [4.78, 5) is 44.3. The number of hydrogen-bond donors (Lipinski definition) is 4. The van der Waals surface area contributed by atoms with Crippen LogP contribution in [0.2, 0.25) is 20.4 Å². The molecule has 4 saturated heterocycles. The number of carbonyl (C=O) groups is 1. The van der Waals surface area contributed by atoms with E-state index in [0.29, 0.717) is 48.6 Å². The largest absolute Gasteiger partial charge is 0.444 e. The molecule has 16 nitrogen and oxygen atoms in total. The molecule has 0 saturated carbocycles. The molecule has 4 aliphatic heterocycles. The number of amides is 1. The van der Waals surface area contributed by atoms with E-state index < -0.39 is 11.7 Å². The summed E-state index contributed by atoms with van der Waals surface area (Å²) in [5.74, 6) is 1.88. The molecule has 4 atom stereocenters. The predicted octanol–water partition coefficient (Wildman–Crippen LogP) is 8.90. The van der Waals surface area contributed by atoms with Crippen molar-refractivity contribution in [2.24, 2.45) is 16.6 Å². The van der Waals surface area contributed by atoms with Gasteiger partial charge in [-0.05, 0) is 72.4 Å². The van der Waals surface area contributed by atoms with E-state index in [-0.39, 0.29) is 71.6 Å². The monoisotopic (exact) mass is 1050 g/mol. The summed E-state index contributed by atoms with van der Waals surface area (Å²) >= 11 is 28.1. The number of piperidine rings is 2. The van der Waals surface area contributed by atoms with Gasteiger partial charge in [0.2, 0.25) is 0 Å². The Bertz CT molecular complexity index is 2290. The quantitative estimate of drug-likeness (QED) is 0.136. The van der Waals surface area contributed by atoms with E-state index in [4.69, 9.17) is 77.8 Å². The summed E-state index contributed by atoms with van der Waals surface area (Å²) in [6, 6.07) is 3.50. The predicted molar refractivity (Wildman–Crippen MR) is 264 cm³/mol. The van der Waals surface area contributed by atoms with Gasteiger partial charge in [-0.1, -0.05) is 69.9 Å². The number of nitrogens with two attached hydrogens (primary N) is 3. The molecule has 4 aromatic rings. The summed E-state index contributed by atoms with van der Waals surface area (Å²) in [5, 5.41) is 5.80. The minimum Gasteiger partial charge on any atom is -0.444 e. The molecule has 65 heavy (non-hydrogen) atoms. The Kier molecular flexibility index (Phi) is 18.1. The second-order valence-corrected chi connectivity index (χ2v) is 20.8. The van der Waals surface area contributed by atoms with Gasteiger partial charge in [0.25, 0.3) is 0 Å². The fourth-order valence-electron chi connectivity index (χ4n) is 8.42. The van der Waals surface area contributed by atoms with Gasteiger partial charge < -0.3 is 46.5 Å². The highest BCUT2D eigenvalue weighted by atomic mass is 35.5. The van der Waals surface area contributed by atoms with Crippen molar-refractivity contribution in [3.05, 3.63) is 57.3 Å². The average Bonchev–Trinajstić information content (AvgIpc) is 3.68. The Morgan fingerprint density at radius 2 is 1.18 bits per heavy atom. The smallest absolute Gasteiger partial charge is 0.407 e. The van der Waals surface area contributed by atoms with Crippen molar-refractivity contribution >= 4 is 124 Å². The molecule has 7 N–H and O–H groups in total. The van der Waals surface area contributed by atoms with Crippen molar-refractivity contribution in [2.45, 2.75) is 110 Å². The molecule has 0 aliphatic carbocycles. The summed E-state index contributed by atoms with van der Waals surface area (Å²) in [6.07, 6.45) is 9.73. The van der Waals surface area contributed by atoms with Crippen LogP contribution in [0, 0.1) is 10.8 Å². The van der Waals surface area contributed by atoms with Crippen molar-refractivity contribution in [2.75, 3.05) is 60.7 Å². The molecule has 4 fully saturated rings. The first-order valence-corrected chi connectivity index (χ1v) is 23.7. The van der Waals surface area contributed by atoms with E-state index in [1.54, 1.807) is 36.9 Å². The number of carbonyl (C=O) groups excluding carboxylic acids is 1. The number of nitrogens with one attached hydrogen (secondary N) is 1. The number of hydrogen-bond acceptors (Lipinski definition) is 17. The summed E-state index contributed by atoms with van der Waals surface area (Å²) in [5.41, 5.74) is 17.3. The average molecular weight is 1060 g/mol. The lowest BCUT2D eigenvalue weighted by Gasteiger charge is -2.43. The number of alkyl carbamates (subject to hydrolysis) is 1. The van der Waals surface area contributed by atoms with Crippen molar-refractivity contribution in [1.29, 1.82) is 0 Å². The summed E-state index contributed by atoms with van der Waals surface area (Å²) < 4.78 is 17.2. The van der Waals surface area contributed by atoms with Gasteiger partial charge in [0.1, 0.15) is 27.3 Å². The Morgan fingerprint density at radius 1 is 0.754 bits per heavy atom. The minimum absolute atomic E-state index is 0. The molecule has 24 heteroatoms. The lowest BCUT2D eigenvalue weighted by molar-refractivity contribution is 0.0434. The molecule has 0 unspecified atom stereocenters. The molecular formula is C41H54Cl6N12O4S2. The summed E-state index contributed by atoms with van der Waals surface area (Å²) in [7, 11) is 0. The van der Waals surface area contributed by atoms with E-state index in [1.165, 1.54) is 23.5 Å². The molecule has 0 bridgehead atoms. The fourth-order valence-corrected chi connectivity index (χ4v) is 11.1. The van der Waals surface area contributed by atoms with Crippen LogP contribution in [-0.2, 0) is 14.2 Å². The van der Waals surface area contributed by atoms with Gasteiger partial charge in [0, 0.05) is 65.2 Å². The van der Waals surface area contributed by atoms with Crippen LogP contribution in [0.3, 0.4) is 0 Å². The minimum atomic E-state index is -0.557. The number of rotatable bonds is 7. The van der Waals surface area contributed by atoms with E-state index in [2.05, 4.69) is 45.0 Å². The number of aromatic nitrogens is 6. The standard InChI is InChI=1S/C23H30Cl2N6O3S.C18H22Cl2N6OS.2ClH/c1-13-17(30-21(32)34-22(2,3)4)23(12-33-13)6-9-31(10-7-23)20-18(25)29-15(11-28-20)35-14-5-8-27-19(26)16(14)24;1-10-14(21)18(9-27-10)3-6-26(7-4-18)17-15(20)25-12(8-24-17)28-11-2-5-23-16(22)13(11)19;;/h5,8,11,13,17H,6-7,9-10,12H2,1-4H3,(H2,26,27)(H,30,32);2,5,8,10,14H,3-4,6-7,9,21H2,1H3,(H2,22,23);2*1H/t13-,17+;10-,14+;;/m00../s1. The third kappa shape index (κ3) is 12.3. The Balaban J connectivity index is 0.000000242. The Hall–Kier alpha value is -2.75. The van der Waals surface area contributed by atoms with E-state index >= 15 is 0 Å². The fraction of sp³-hybridized carbons (Fsp3) is 0.537. The molecule has 8 rings (SSSR count). The van der Waals surface area contributed by atoms with E-state index in [1.807, 2.05) is 34.6 Å². The zero-order chi connectivity index (χ0) is 45.3. The lowest BCUT2D eigenvalue weighted by atomic mass is 9.73. The molecular weight excluding hydrogens is 1000 g/mol. The lowest BCUT2D eigenvalue weighted by Crippen LogP contribution is -2.55. The molecule has 4 aromatic heterocycles. The van der Waals surface area contributed by atoms with Crippen LogP contribution < -0.4 is 32.3 Å². The molecule has 8 heterocycles. The number of ether oxygens (including phenoxy) is 3. The van der Waals surface area contributed by atoms with Crippen molar-refractivity contribution in [3.8, 4) is 0 Å². The van der Waals surface area contributed by atoms with Crippen LogP contribution >= 0.6 is 94.7 Å². The van der Waals surface area contributed by atoms with Crippen molar-refractivity contribution < 1.29 is 19.0 Å². The normalized spacial score (nSPS) is 22.1. The highest BCUT2D eigenvalue weighted by Gasteiger charge is 2.51. The van der Waals surface area contributed by atoms with Gasteiger partial charge >= 0.3 is 6.09 Å². The Morgan fingerprint density at radius 3 is 1.60 bits per heavy atom. The molecule has 0 radical (unpaired) electrons. The first kappa shape index (κ1) is 53.2. The van der Waals surface area contributed by atoms with Gasteiger partial charge in [-0.2, -0.15) is 0 Å². The zero-order valence-corrected chi connectivity index (χ0v) is 42.7. The topological polar surface area (TPSA) is 219 Å².